The Bertz CT molecular complexity index is 370. The van der Waals surface area contributed by atoms with E-state index in [1.165, 1.54) is 6.20 Å². The number of likely N-dealkylation sites (tertiary alicyclic amines) is 1. The molecule has 0 aromatic carbocycles. The lowest BCUT2D eigenvalue weighted by Crippen LogP contribution is -2.25. The van der Waals surface area contributed by atoms with Gasteiger partial charge in [0.25, 0.3) is 0 Å². The largest absolute Gasteiger partial charge is 0.316 e. The topological polar surface area (TPSA) is 28.2 Å². The van der Waals surface area contributed by atoms with Crippen LogP contribution < -0.4 is 5.32 Å². The number of hydrogen-bond acceptors (Lipinski definition) is 3. The Hall–Kier alpha value is -1.00. The van der Waals surface area contributed by atoms with Crippen molar-refractivity contribution >= 4 is 0 Å². The maximum atomic E-state index is 13.0. The van der Waals surface area contributed by atoms with Gasteiger partial charge in [-0.2, -0.15) is 0 Å². The van der Waals surface area contributed by atoms with Gasteiger partial charge in [0, 0.05) is 25.8 Å². The number of halogens is 1. The maximum absolute atomic E-state index is 13.0. The van der Waals surface area contributed by atoms with Crippen LogP contribution in [0.4, 0.5) is 4.39 Å². The van der Waals surface area contributed by atoms with Gasteiger partial charge in [-0.05, 0) is 36.6 Å². The molecular formula is C12H16FN3. The number of pyridine rings is 1. The van der Waals surface area contributed by atoms with E-state index in [1.807, 2.05) is 0 Å². The third-order valence-electron chi connectivity index (χ3n) is 3.63. The zero-order chi connectivity index (χ0) is 11.0. The minimum atomic E-state index is -0.237. The predicted octanol–water partition coefficient (Wildman–Crippen LogP) is 0.872. The van der Waals surface area contributed by atoms with E-state index in [2.05, 4.69) is 15.2 Å². The number of nitrogens with zero attached hydrogens (tertiary/aromatic N) is 2. The van der Waals surface area contributed by atoms with Gasteiger partial charge < -0.3 is 5.32 Å². The maximum Gasteiger partial charge on any atom is 0.141 e. The molecule has 2 atom stereocenters. The van der Waals surface area contributed by atoms with E-state index >= 15 is 0 Å². The summed E-state index contributed by atoms with van der Waals surface area (Å²) in [5.41, 5.74) is 0.980. The minimum absolute atomic E-state index is 0.237. The fourth-order valence-corrected chi connectivity index (χ4v) is 2.88. The molecule has 2 aliphatic heterocycles. The Balaban J connectivity index is 1.64. The lowest BCUT2D eigenvalue weighted by atomic mass is 10.0. The van der Waals surface area contributed by atoms with E-state index in [0.29, 0.717) is 0 Å². The molecule has 0 radical (unpaired) electrons. The molecule has 2 unspecified atom stereocenters. The third-order valence-corrected chi connectivity index (χ3v) is 3.63. The monoisotopic (exact) mass is 221 g/mol. The number of rotatable bonds is 2. The standard InChI is InChI=1S/C12H16FN3/c13-12-1-9(2-14-5-12)6-16-7-10-3-15-4-11(10)8-16/h1-2,5,10-11,15H,3-4,6-8H2. The van der Waals surface area contributed by atoms with Crippen LogP contribution in [0.5, 0.6) is 0 Å². The second-order valence-electron chi connectivity index (χ2n) is 4.88. The summed E-state index contributed by atoms with van der Waals surface area (Å²) in [4.78, 5) is 6.29. The second-order valence-corrected chi connectivity index (χ2v) is 4.88. The van der Waals surface area contributed by atoms with Crippen LogP contribution in [0.15, 0.2) is 18.5 Å². The molecule has 1 aromatic heterocycles. The molecule has 86 valence electrons. The zero-order valence-corrected chi connectivity index (χ0v) is 9.19. The lowest BCUT2D eigenvalue weighted by molar-refractivity contribution is 0.305. The lowest BCUT2D eigenvalue weighted by Gasteiger charge is -2.16. The Morgan fingerprint density at radius 3 is 2.75 bits per heavy atom. The van der Waals surface area contributed by atoms with Gasteiger partial charge in [0.15, 0.2) is 0 Å². The van der Waals surface area contributed by atoms with Gasteiger partial charge >= 0.3 is 0 Å². The van der Waals surface area contributed by atoms with E-state index in [0.717, 1.165) is 50.1 Å². The molecule has 0 saturated carbocycles. The molecule has 0 amide bonds. The molecule has 3 heterocycles. The van der Waals surface area contributed by atoms with E-state index < -0.39 is 0 Å². The summed E-state index contributed by atoms with van der Waals surface area (Å²) in [6.45, 7) is 5.38. The average Bonchev–Trinajstić information content (AvgIpc) is 2.77. The van der Waals surface area contributed by atoms with Crippen molar-refractivity contribution in [1.29, 1.82) is 0 Å². The van der Waals surface area contributed by atoms with Crippen LogP contribution in [-0.2, 0) is 6.54 Å². The molecule has 1 aromatic rings. The van der Waals surface area contributed by atoms with E-state index in [9.17, 15) is 4.39 Å². The van der Waals surface area contributed by atoms with Gasteiger partial charge in [0.2, 0.25) is 0 Å². The van der Waals surface area contributed by atoms with E-state index in [1.54, 1.807) is 12.3 Å². The first-order chi connectivity index (χ1) is 7.81. The molecule has 2 aliphatic rings. The molecule has 3 rings (SSSR count). The summed E-state index contributed by atoms with van der Waals surface area (Å²) in [6, 6.07) is 1.58. The van der Waals surface area contributed by atoms with Gasteiger partial charge in [0.1, 0.15) is 5.82 Å². The number of fused-ring (bicyclic) bond motifs is 1. The highest BCUT2D eigenvalue weighted by Crippen LogP contribution is 2.27. The van der Waals surface area contributed by atoms with Gasteiger partial charge in [-0.3, -0.25) is 9.88 Å². The molecule has 2 fully saturated rings. The van der Waals surface area contributed by atoms with Crippen LogP contribution in [0.1, 0.15) is 5.56 Å². The average molecular weight is 221 g/mol. The molecule has 4 heteroatoms. The van der Waals surface area contributed by atoms with Crippen molar-refractivity contribution in [3.8, 4) is 0 Å². The molecule has 1 N–H and O–H groups in total. The van der Waals surface area contributed by atoms with Gasteiger partial charge in [-0.25, -0.2) is 4.39 Å². The van der Waals surface area contributed by atoms with Crippen LogP contribution in [0, 0.1) is 17.7 Å². The summed E-state index contributed by atoms with van der Waals surface area (Å²) in [5.74, 6) is 1.35. The number of aromatic nitrogens is 1. The van der Waals surface area contributed by atoms with Crippen LogP contribution in [-0.4, -0.2) is 36.1 Å². The first-order valence-corrected chi connectivity index (χ1v) is 5.84. The fraction of sp³-hybridized carbons (Fsp3) is 0.583. The summed E-state index contributed by atoms with van der Waals surface area (Å²) in [5, 5.41) is 3.42. The Morgan fingerprint density at radius 1 is 1.31 bits per heavy atom. The first kappa shape index (κ1) is 10.2. The van der Waals surface area contributed by atoms with Crippen molar-refractivity contribution in [2.24, 2.45) is 11.8 Å². The van der Waals surface area contributed by atoms with Crippen LogP contribution in [0.3, 0.4) is 0 Å². The molecule has 3 nitrogen and oxygen atoms in total. The SMILES string of the molecule is Fc1cncc(CN2CC3CNCC3C2)c1. The Morgan fingerprint density at radius 2 is 2.06 bits per heavy atom. The normalized spacial score (nSPS) is 29.6. The van der Waals surface area contributed by atoms with Crippen molar-refractivity contribution in [3.05, 3.63) is 29.8 Å². The zero-order valence-electron chi connectivity index (χ0n) is 9.19. The van der Waals surface area contributed by atoms with Crippen molar-refractivity contribution in [3.63, 3.8) is 0 Å². The van der Waals surface area contributed by atoms with Crippen LogP contribution in [0.2, 0.25) is 0 Å². The smallest absolute Gasteiger partial charge is 0.141 e. The molecule has 0 aliphatic carbocycles. The fourth-order valence-electron chi connectivity index (χ4n) is 2.88. The van der Waals surface area contributed by atoms with Crippen LogP contribution >= 0.6 is 0 Å². The highest BCUT2D eigenvalue weighted by atomic mass is 19.1. The number of hydrogen-bond donors (Lipinski definition) is 1. The van der Waals surface area contributed by atoms with Crippen molar-refractivity contribution in [1.82, 2.24) is 15.2 Å². The summed E-state index contributed by atoms with van der Waals surface area (Å²) >= 11 is 0. The van der Waals surface area contributed by atoms with Gasteiger partial charge in [0.05, 0.1) is 6.20 Å². The second kappa shape index (κ2) is 4.11. The van der Waals surface area contributed by atoms with E-state index in [4.69, 9.17) is 0 Å². The third kappa shape index (κ3) is 1.95. The van der Waals surface area contributed by atoms with Crippen molar-refractivity contribution in [2.75, 3.05) is 26.2 Å². The highest BCUT2D eigenvalue weighted by Gasteiger charge is 2.35. The first-order valence-electron chi connectivity index (χ1n) is 5.84. The van der Waals surface area contributed by atoms with E-state index in [-0.39, 0.29) is 5.82 Å². The molecule has 16 heavy (non-hydrogen) atoms. The summed E-state index contributed by atoms with van der Waals surface area (Å²) in [7, 11) is 0. The molecule has 0 spiro atoms. The summed E-state index contributed by atoms with van der Waals surface area (Å²) in [6.07, 6.45) is 3.02. The molecular weight excluding hydrogens is 205 g/mol. The Labute approximate surface area is 94.7 Å². The van der Waals surface area contributed by atoms with Gasteiger partial charge in [-0.15, -0.1) is 0 Å². The van der Waals surface area contributed by atoms with Crippen molar-refractivity contribution < 1.29 is 4.39 Å². The molecule has 2 saturated heterocycles. The summed E-state index contributed by atoms with van der Waals surface area (Å²) < 4.78 is 13.0. The van der Waals surface area contributed by atoms with Gasteiger partial charge in [-0.1, -0.05) is 0 Å². The van der Waals surface area contributed by atoms with Crippen molar-refractivity contribution in [2.45, 2.75) is 6.54 Å². The van der Waals surface area contributed by atoms with Crippen LogP contribution in [0.25, 0.3) is 0 Å². The predicted molar refractivity (Wildman–Crippen MR) is 59.3 cm³/mol. The quantitative estimate of drug-likeness (QED) is 0.803. The highest BCUT2D eigenvalue weighted by molar-refractivity contribution is 5.10. The number of nitrogens with one attached hydrogen (secondary N) is 1. The molecule has 0 bridgehead atoms. The Kier molecular flexibility index (Phi) is 2.61. The minimum Gasteiger partial charge on any atom is -0.316 e.